The summed E-state index contributed by atoms with van der Waals surface area (Å²) < 4.78 is 21.5. The van der Waals surface area contributed by atoms with Gasteiger partial charge in [-0.25, -0.2) is 0 Å². The number of carbonyl (C=O) groups is 1. The van der Waals surface area contributed by atoms with Gasteiger partial charge in [0.05, 0.1) is 19.3 Å². The fraction of sp³-hybridized carbons (Fsp3) is 0.211. The SMILES string of the molecule is O=C(Cc1coc2cc(O)ccc12)OCc1cc(Cl)cc2c1OCOC2. The molecule has 1 N–H and O–H groups in total. The topological polar surface area (TPSA) is 78.1 Å². The molecule has 0 saturated carbocycles. The predicted octanol–water partition coefficient (Wildman–Crippen LogP) is 3.94. The molecule has 2 aromatic carbocycles. The van der Waals surface area contributed by atoms with Gasteiger partial charge in [-0.3, -0.25) is 4.79 Å². The third-order valence-corrected chi connectivity index (χ3v) is 4.33. The van der Waals surface area contributed by atoms with E-state index >= 15 is 0 Å². The second kappa shape index (κ2) is 6.90. The summed E-state index contributed by atoms with van der Waals surface area (Å²) in [7, 11) is 0. The van der Waals surface area contributed by atoms with E-state index in [1.165, 1.54) is 12.3 Å². The Morgan fingerprint density at radius 3 is 3.00 bits per heavy atom. The minimum atomic E-state index is -0.401. The highest BCUT2D eigenvalue weighted by Gasteiger charge is 2.18. The lowest BCUT2D eigenvalue weighted by Crippen LogP contribution is -2.14. The molecular formula is C19H15ClO6. The van der Waals surface area contributed by atoms with Gasteiger partial charge in [0.25, 0.3) is 0 Å². The molecule has 3 aromatic rings. The van der Waals surface area contributed by atoms with Gasteiger partial charge in [0.15, 0.2) is 6.79 Å². The van der Waals surface area contributed by atoms with Crippen LogP contribution in [0, 0.1) is 0 Å². The number of aromatic hydroxyl groups is 1. The van der Waals surface area contributed by atoms with Crippen LogP contribution in [0.4, 0.5) is 0 Å². The maximum Gasteiger partial charge on any atom is 0.310 e. The minimum absolute atomic E-state index is 0.0539. The number of hydrogen-bond donors (Lipinski definition) is 1. The maximum atomic E-state index is 12.2. The fourth-order valence-electron chi connectivity index (χ4n) is 2.94. The van der Waals surface area contributed by atoms with E-state index in [2.05, 4.69) is 0 Å². The van der Waals surface area contributed by atoms with Crippen molar-refractivity contribution in [3.63, 3.8) is 0 Å². The molecule has 0 radical (unpaired) electrons. The lowest BCUT2D eigenvalue weighted by Gasteiger charge is -2.21. The molecular weight excluding hydrogens is 360 g/mol. The molecule has 26 heavy (non-hydrogen) atoms. The number of esters is 1. The summed E-state index contributed by atoms with van der Waals surface area (Å²) in [5, 5.41) is 10.8. The molecule has 1 aliphatic rings. The first-order valence-electron chi connectivity index (χ1n) is 7.97. The van der Waals surface area contributed by atoms with Crippen LogP contribution in [-0.2, 0) is 33.9 Å². The molecule has 4 rings (SSSR count). The summed E-state index contributed by atoms with van der Waals surface area (Å²) in [5.41, 5.74) is 2.74. The molecule has 2 heterocycles. The number of rotatable bonds is 4. The molecule has 0 aliphatic carbocycles. The van der Waals surface area contributed by atoms with Crippen molar-refractivity contribution < 1.29 is 28.5 Å². The van der Waals surface area contributed by atoms with Crippen LogP contribution in [0.1, 0.15) is 16.7 Å². The Hall–Kier alpha value is -2.70. The normalized spacial score (nSPS) is 13.3. The molecule has 0 amide bonds. The molecule has 0 spiro atoms. The Labute approximate surface area is 153 Å². The van der Waals surface area contributed by atoms with Crippen molar-refractivity contribution in [3.8, 4) is 11.5 Å². The number of phenols is 1. The average Bonchev–Trinajstić information content (AvgIpc) is 3.01. The van der Waals surface area contributed by atoms with Crippen LogP contribution in [0.25, 0.3) is 11.0 Å². The summed E-state index contributed by atoms with van der Waals surface area (Å²) in [5.74, 6) is 0.356. The second-order valence-electron chi connectivity index (χ2n) is 5.94. The molecule has 134 valence electrons. The highest BCUT2D eigenvalue weighted by Crippen LogP contribution is 2.32. The summed E-state index contributed by atoms with van der Waals surface area (Å²) in [6.45, 7) is 0.617. The smallest absolute Gasteiger partial charge is 0.310 e. The van der Waals surface area contributed by atoms with Crippen LogP contribution in [0.5, 0.6) is 11.5 Å². The zero-order chi connectivity index (χ0) is 18.1. The van der Waals surface area contributed by atoms with Crippen molar-refractivity contribution in [2.75, 3.05) is 6.79 Å². The third kappa shape index (κ3) is 3.34. The first-order valence-corrected chi connectivity index (χ1v) is 8.34. The zero-order valence-electron chi connectivity index (χ0n) is 13.7. The number of halogens is 1. The summed E-state index contributed by atoms with van der Waals surface area (Å²) in [6, 6.07) is 8.24. The average molecular weight is 375 g/mol. The number of carbonyl (C=O) groups excluding carboxylic acids is 1. The zero-order valence-corrected chi connectivity index (χ0v) is 14.4. The van der Waals surface area contributed by atoms with Crippen molar-refractivity contribution in [1.29, 1.82) is 0 Å². The second-order valence-corrected chi connectivity index (χ2v) is 6.38. The number of fused-ring (bicyclic) bond motifs is 2. The van der Waals surface area contributed by atoms with Crippen LogP contribution >= 0.6 is 11.6 Å². The van der Waals surface area contributed by atoms with E-state index in [1.807, 2.05) is 0 Å². The van der Waals surface area contributed by atoms with Gasteiger partial charge in [-0.05, 0) is 24.3 Å². The number of hydrogen-bond acceptors (Lipinski definition) is 6. The van der Waals surface area contributed by atoms with Crippen molar-refractivity contribution in [1.82, 2.24) is 0 Å². The highest BCUT2D eigenvalue weighted by molar-refractivity contribution is 6.30. The molecule has 7 heteroatoms. The largest absolute Gasteiger partial charge is 0.508 e. The standard InChI is InChI=1S/C19H15ClO6/c20-14-3-12-7-23-10-26-19(12)13(4-14)9-25-18(22)5-11-8-24-17-6-15(21)1-2-16(11)17/h1-4,6,8,21H,5,7,9-10H2. The van der Waals surface area contributed by atoms with E-state index < -0.39 is 5.97 Å². The monoisotopic (exact) mass is 374 g/mol. The van der Waals surface area contributed by atoms with Crippen LogP contribution in [0.2, 0.25) is 5.02 Å². The Bertz CT molecular complexity index is 978. The summed E-state index contributed by atoms with van der Waals surface area (Å²) >= 11 is 6.11. The number of phenolic OH excluding ortho intramolecular Hbond substituents is 1. The van der Waals surface area contributed by atoms with Crippen molar-refractivity contribution >= 4 is 28.5 Å². The number of benzene rings is 2. The quantitative estimate of drug-likeness (QED) is 0.697. The van der Waals surface area contributed by atoms with Gasteiger partial charge in [0.1, 0.15) is 23.7 Å². The van der Waals surface area contributed by atoms with Crippen LogP contribution < -0.4 is 4.74 Å². The van der Waals surface area contributed by atoms with Crippen LogP contribution in [-0.4, -0.2) is 17.9 Å². The van der Waals surface area contributed by atoms with Gasteiger partial charge in [0, 0.05) is 33.2 Å². The van der Waals surface area contributed by atoms with E-state index in [0.29, 0.717) is 34.1 Å². The maximum absolute atomic E-state index is 12.2. The molecule has 0 atom stereocenters. The highest BCUT2D eigenvalue weighted by atomic mass is 35.5. The molecule has 0 saturated heterocycles. The Kier molecular flexibility index (Phi) is 4.44. The van der Waals surface area contributed by atoms with Crippen molar-refractivity contribution in [2.24, 2.45) is 0 Å². The molecule has 6 nitrogen and oxygen atoms in total. The van der Waals surface area contributed by atoms with Crippen LogP contribution in [0.15, 0.2) is 41.0 Å². The van der Waals surface area contributed by atoms with Crippen molar-refractivity contribution in [3.05, 3.63) is 58.3 Å². The minimum Gasteiger partial charge on any atom is -0.508 e. The Balaban J connectivity index is 1.46. The fourth-order valence-corrected chi connectivity index (χ4v) is 3.20. The lowest BCUT2D eigenvalue weighted by molar-refractivity contribution is -0.144. The van der Waals surface area contributed by atoms with E-state index in [-0.39, 0.29) is 25.6 Å². The van der Waals surface area contributed by atoms with Gasteiger partial charge in [-0.2, -0.15) is 0 Å². The molecule has 1 aliphatic heterocycles. The number of ether oxygens (including phenoxy) is 3. The lowest BCUT2D eigenvalue weighted by atomic mass is 10.1. The van der Waals surface area contributed by atoms with E-state index in [1.54, 1.807) is 24.3 Å². The van der Waals surface area contributed by atoms with Gasteiger partial charge in [-0.15, -0.1) is 0 Å². The summed E-state index contributed by atoms with van der Waals surface area (Å²) in [4.78, 5) is 12.2. The summed E-state index contributed by atoms with van der Waals surface area (Å²) in [6.07, 6.45) is 1.55. The van der Waals surface area contributed by atoms with E-state index in [0.717, 1.165) is 10.9 Å². The van der Waals surface area contributed by atoms with E-state index in [9.17, 15) is 9.90 Å². The van der Waals surface area contributed by atoms with Crippen LogP contribution in [0.3, 0.4) is 0 Å². The van der Waals surface area contributed by atoms with Crippen molar-refractivity contribution in [2.45, 2.75) is 19.6 Å². The predicted molar refractivity (Wildman–Crippen MR) is 93.1 cm³/mol. The van der Waals surface area contributed by atoms with Gasteiger partial charge in [-0.1, -0.05) is 11.6 Å². The molecule has 0 unspecified atom stereocenters. The number of furan rings is 1. The Morgan fingerprint density at radius 2 is 2.12 bits per heavy atom. The first-order chi connectivity index (χ1) is 12.6. The van der Waals surface area contributed by atoms with E-state index in [4.69, 9.17) is 30.2 Å². The van der Waals surface area contributed by atoms with Gasteiger partial charge < -0.3 is 23.7 Å². The Morgan fingerprint density at radius 1 is 1.23 bits per heavy atom. The third-order valence-electron chi connectivity index (χ3n) is 4.11. The van der Waals surface area contributed by atoms with Gasteiger partial charge >= 0.3 is 5.97 Å². The molecule has 0 bridgehead atoms. The first kappa shape index (κ1) is 16.8. The van der Waals surface area contributed by atoms with Gasteiger partial charge in [0.2, 0.25) is 0 Å². The molecule has 0 fully saturated rings. The molecule has 1 aromatic heterocycles.